The highest BCUT2D eigenvalue weighted by Crippen LogP contribution is 2.27. The lowest BCUT2D eigenvalue weighted by molar-refractivity contribution is 0.465. The molecule has 1 atom stereocenters. The molecule has 1 heteroatoms. The number of rotatable bonds is 2. The van der Waals surface area contributed by atoms with Gasteiger partial charge in [-0.3, -0.25) is 0 Å². The summed E-state index contributed by atoms with van der Waals surface area (Å²) in [6, 6.07) is 17.3. The van der Waals surface area contributed by atoms with Gasteiger partial charge in [0.15, 0.2) is 0 Å². The van der Waals surface area contributed by atoms with E-state index in [2.05, 4.69) is 18.8 Å². The Hall–Kier alpha value is -2.20. The second-order valence-electron chi connectivity index (χ2n) is 4.16. The van der Waals surface area contributed by atoms with Gasteiger partial charge in [0.25, 0.3) is 0 Å². The lowest BCUT2D eigenvalue weighted by atomic mass is 9.96. The Morgan fingerprint density at radius 3 is 2.33 bits per heavy atom. The van der Waals surface area contributed by atoms with Crippen molar-refractivity contribution in [3.63, 3.8) is 0 Å². The molecule has 0 bridgehead atoms. The number of benzene rings is 2. The van der Waals surface area contributed by atoms with Crippen molar-refractivity contribution >= 4 is 0 Å². The van der Waals surface area contributed by atoms with Gasteiger partial charge in [-0.15, -0.1) is 0 Å². The number of aromatic hydroxyl groups is 1. The van der Waals surface area contributed by atoms with E-state index in [1.807, 2.05) is 48.5 Å². The van der Waals surface area contributed by atoms with Gasteiger partial charge in [0.1, 0.15) is 5.75 Å². The minimum absolute atomic E-state index is 0.0754. The number of hydrogen-bond acceptors (Lipinski definition) is 1. The Bertz CT molecular complexity index is 561. The highest BCUT2D eigenvalue weighted by atomic mass is 16.3. The smallest absolute Gasteiger partial charge is 0.120 e. The second-order valence-corrected chi connectivity index (χ2v) is 4.16. The summed E-state index contributed by atoms with van der Waals surface area (Å²) < 4.78 is 0. The zero-order valence-corrected chi connectivity index (χ0v) is 10.4. The van der Waals surface area contributed by atoms with Gasteiger partial charge >= 0.3 is 0 Å². The Morgan fingerprint density at radius 1 is 1.00 bits per heavy atom. The van der Waals surface area contributed by atoms with E-state index >= 15 is 0 Å². The average molecular weight is 236 g/mol. The molecule has 0 aliphatic rings. The third kappa shape index (κ3) is 2.93. The van der Waals surface area contributed by atoms with Crippen LogP contribution < -0.4 is 0 Å². The van der Waals surface area contributed by atoms with Crippen LogP contribution in [0.4, 0.5) is 0 Å². The second kappa shape index (κ2) is 5.93. The maximum atomic E-state index is 9.84. The third-order valence-corrected chi connectivity index (χ3v) is 2.88. The molecule has 0 unspecified atom stereocenters. The van der Waals surface area contributed by atoms with Gasteiger partial charge < -0.3 is 5.11 Å². The van der Waals surface area contributed by atoms with Crippen molar-refractivity contribution in [2.24, 2.45) is 0 Å². The minimum Gasteiger partial charge on any atom is -0.508 e. The van der Waals surface area contributed by atoms with Crippen LogP contribution in [-0.2, 0) is 0 Å². The van der Waals surface area contributed by atoms with Crippen LogP contribution in [0.5, 0.6) is 5.75 Å². The topological polar surface area (TPSA) is 20.2 Å². The SMILES string of the molecule is CC[C@@H](C#Cc1ccccc1)c1ccccc1O. The fourth-order valence-corrected chi connectivity index (χ4v) is 1.87. The van der Waals surface area contributed by atoms with Crippen LogP contribution >= 0.6 is 0 Å². The van der Waals surface area contributed by atoms with E-state index in [0.717, 1.165) is 17.5 Å². The van der Waals surface area contributed by atoms with E-state index in [4.69, 9.17) is 0 Å². The summed E-state index contributed by atoms with van der Waals surface area (Å²) in [5.74, 6) is 6.79. The van der Waals surface area contributed by atoms with Crippen molar-refractivity contribution in [2.45, 2.75) is 19.3 Å². The molecule has 0 spiro atoms. The molecule has 0 fully saturated rings. The van der Waals surface area contributed by atoms with Crippen molar-refractivity contribution in [1.82, 2.24) is 0 Å². The molecule has 0 radical (unpaired) electrons. The van der Waals surface area contributed by atoms with E-state index < -0.39 is 0 Å². The lowest BCUT2D eigenvalue weighted by Gasteiger charge is -2.09. The Morgan fingerprint density at radius 2 is 1.67 bits per heavy atom. The highest BCUT2D eigenvalue weighted by Gasteiger charge is 2.09. The average Bonchev–Trinajstić information content (AvgIpc) is 2.42. The maximum Gasteiger partial charge on any atom is 0.120 e. The standard InChI is InChI=1S/C17H16O/c1-2-15(16-10-6-7-11-17(16)18)13-12-14-8-4-3-5-9-14/h3-11,15,18H,2H2,1H3/t15-/m0/s1. The first-order valence-corrected chi connectivity index (χ1v) is 6.15. The van der Waals surface area contributed by atoms with Crippen LogP contribution in [0.1, 0.15) is 30.4 Å². The Balaban J connectivity index is 2.26. The number of phenols is 1. The predicted octanol–water partition coefficient (Wildman–Crippen LogP) is 3.94. The minimum atomic E-state index is 0.0754. The van der Waals surface area contributed by atoms with E-state index in [-0.39, 0.29) is 5.92 Å². The van der Waals surface area contributed by atoms with Crippen LogP contribution in [0, 0.1) is 11.8 Å². The summed E-state index contributed by atoms with van der Waals surface area (Å²) in [6.45, 7) is 2.08. The zero-order chi connectivity index (χ0) is 12.8. The number of para-hydroxylation sites is 1. The largest absolute Gasteiger partial charge is 0.508 e. The molecule has 2 rings (SSSR count). The van der Waals surface area contributed by atoms with Gasteiger partial charge in [0, 0.05) is 17.0 Å². The molecule has 90 valence electrons. The quantitative estimate of drug-likeness (QED) is 0.783. The first kappa shape index (κ1) is 12.3. The number of hydrogen-bond donors (Lipinski definition) is 1. The van der Waals surface area contributed by atoms with E-state index in [0.29, 0.717) is 5.75 Å². The third-order valence-electron chi connectivity index (χ3n) is 2.88. The molecule has 0 saturated heterocycles. The molecule has 2 aromatic rings. The number of phenolic OH excluding ortho intramolecular Hbond substituents is 1. The van der Waals surface area contributed by atoms with Crippen molar-refractivity contribution < 1.29 is 5.11 Å². The van der Waals surface area contributed by atoms with Gasteiger partial charge in [0.05, 0.1) is 0 Å². The first-order valence-electron chi connectivity index (χ1n) is 6.15. The first-order chi connectivity index (χ1) is 8.81. The summed E-state index contributed by atoms with van der Waals surface area (Å²) in [5, 5.41) is 9.84. The summed E-state index contributed by atoms with van der Waals surface area (Å²) >= 11 is 0. The predicted molar refractivity (Wildman–Crippen MR) is 74.5 cm³/mol. The van der Waals surface area contributed by atoms with Crippen molar-refractivity contribution in [3.05, 3.63) is 65.7 Å². The fraction of sp³-hybridized carbons (Fsp3) is 0.176. The Labute approximate surface area is 108 Å². The van der Waals surface area contributed by atoms with Crippen molar-refractivity contribution in [3.8, 4) is 17.6 Å². The maximum absolute atomic E-state index is 9.84. The van der Waals surface area contributed by atoms with Gasteiger partial charge in [-0.25, -0.2) is 0 Å². The van der Waals surface area contributed by atoms with Crippen LogP contribution in [-0.4, -0.2) is 5.11 Å². The normalized spacial score (nSPS) is 11.4. The summed E-state index contributed by atoms with van der Waals surface area (Å²) in [4.78, 5) is 0. The zero-order valence-electron chi connectivity index (χ0n) is 10.4. The van der Waals surface area contributed by atoms with Crippen LogP contribution in [0.25, 0.3) is 0 Å². The van der Waals surface area contributed by atoms with Crippen LogP contribution in [0.2, 0.25) is 0 Å². The van der Waals surface area contributed by atoms with Gasteiger partial charge in [0.2, 0.25) is 0 Å². The van der Waals surface area contributed by atoms with E-state index in [9.17, 15) is 5.11 Å². The highest BCUT2D eigenvalue weighted by molar-refractivity contribution is 5.42. The molecular formula is C17H16O. The summed E-state index contributed by atoms with van der Waals surface area (Å²) in [6.07, 6.45) is 0.886. The monoisotopic (exact) mass is 236 g/mol. The van der Waals surface area contributed by atoms with Crippen molar-refractivity contribution in [1.29, 1.82) is 0 Å². The Kier molecular flexibility index (Phi) is 4.04. The molecule has 0 aliphatic carbocycles. The molecule has 0 saturated carbocycles. The van der Waals surface area contributed by atoms with Crippen LogP contribution in [0.3, 0.4) is 0 Å². The molecule has 0 aromatic heterocycles. The van der Waals surface area contributed by atoms with E-state index in [1.165, 1.54) is 0 Å². The fourth-order valence-electron chi connectivity index (χ4n) is 1.87. The molecule has 0 amide bonds. The van der Waals surface area contributed by atoms with Crippen LogP contribution in [0.15, 0.2) is 54.6 Å². The van der Waals surface area contributed by atoms with Gasteiger partial charge in [-0.1, -0.05) is 55.2 Å². The van der Waals surface area contributed by atoms with Gasteiger partial charge in [-0.2, -0.15) is 0 Å². The molecule has 1 nitrogen and oxygen atoms in total. The molecular weight excluding hydrogens is 220 g/mol. The summed E-state index contributed by atoms with van der Waals surface area (Å²) in [5.41, 5.74) is 1.91. The molecule has 2 aromatic carbocycles. The van der Waals surface area contributed by atoms with Gasteiger partial charge in [-0.05, 0) is 24.6 Å². The van der Waals surface area contributed by atoms with E-state index in [1.54, 1.807) is 6.07 Å². The molecule has 1 N–H and O–H groups in total. The van der Waals surface area contributed by atoms with Crippen molar-refractivity contribution in [2.75, 3.05) is 0 Å². The molecule has 0 aliphatic heterocycles. The lowest BCUT2D eigenvalue weighted by Crippen LogP contribution is -1.94. The molecule has 18 heavy (non-hydrogen) atoms. The summed E-state index contributed by atoms with van der Waals surface area (Å²) in [7, 11) is 0. The molecule has 0 heterocycles.